The number of amides is 2. The maximum absolute atomic E-state index is 12.7. The number of carbonyl (C=O) groups is 2. The number of likely N-dealkylation sites (N-methyl/N-ethyl adjacent to an activating group) is 1. The third-order valence-electron chi connectivity index (χ3n) is 4.87. The normalized spacial score (nSPS) is 17.7. The van der Waals surface area contributed by atoms with E-state index in [1.807, 2.05) is 37.3 Å². The summed E-state index contributed by atoms with van der Waals surface area (Å²) in [6.07, 6.45) is 0. The molecule has 0 spiro atoms. The smallest absolute Gasteiger partial charge is 0.244 e. The van der Waals surface area contributed by atoms with Crippen molar-refractivity contribution < 1.29 is 9.59 Å². The van der Waals surface area contributed by atoms with Crippen molar-refractivity contribution in [1.29, 1.82) is 0 Å². The summed E-state index contributed by atoms with van der Waals surface area (Å²) >= 11 is 0. The average molecular weight is 370 g/mol. The van der Waals surface area contributed by atoms with Crippen LogP contribution >= 0.6 is 0 Å². The minimum Gasteiger partial charge on any atom is -0.358 e. The van der Waals surface area contributed by atoms with Crippen molar-refractivity contribution in [3.05, 3.63) is 47.5 Å². The van der Waals surface area contributed by atoms with Gasteiger partial charge in [0, 0.05) is 33.2 Å². The zero-order valence-corrected chi connectivity index (χ0v) is 16.1. The quantitative estimate of drug-likeness (QED) is 0.821. The van der Waals surface area contributed by atoms with Crippen molar-refractivity contribution >= 4 is 11.8 Å². The van der Waals surface area contributed by atoms with Crippen LogP contribution in [-0.2, 0) is 22.7 Å². The lowest BCUT2D eigenvalue weighted by molar-refractivity contribution is -0.139. The van der Waals surface area contributed by atoms with Crippen LogP contribution in [0.25, 0.3) is 0 Å². The van der Waals surface area contributed by atoms with Crippen molar-refractivity contribution in [2.24, 2.45) is 0 Å². The van der Waals surface area contributed by atoms with Crippen molar-refractivity contribution in [2.75, 3.05) is 26.7 Å². The molecule has 0 saturated carbocycles. The van der Waals surface area contributed by atoms with E-state index in [1.54, 1.807) is 23.6 Å². The van der Waals surface area contributed by atoms with Gasteiger partial charge in [0.05, 0.1) is 0 Å². The first-order valence-electron chi connectivity index (χ1n) is 9.13. The Morgan fingerprint density at radius 2 is 1.93 bits per heavy atom. The first kappa shape index (κ1) is 19.0. The highest BCUT2D eigenvalue weighted by atomic mass is 16.2. The average Bonchev–Trinajstić information content (AvgIpc) is 2.99. The van der Waals surface area contributed by atoms with Crippen molar-refractivity contribution in [1.82, 2.24) is 29.9 Å². The van der Waals surface area contributed by atoms with Crippen LogP contribution in [0.5, 0.6) is 0 Å². The van der Waals surface area contributed by atoms with Gasteiger partial charge in [-0.3, -0.25) is 14.5 Å². The fourth-order valence-electron chi connectivity index (χ4n) is 3.41. The van der Waals surface area contributed by atoms with Crippen molar-refractivity contribution in [3.63, 3.8) is 0 Å². The Hall–Kier alpha value is -2.74. The molecule has 0 unspecified atom stereocenters. The van der Waals surface area contributed by atoms with E-state index in [2.05, 4.69) is 20.3 Å². The second-order valence-electron chi connectivity index (χ2n) is 6.79. The molecule has 1 aliphatic heterocycles. The zero-order valence-electron chi connectivity index (χ0n) is 16.1. The van der Waals surface area contributed by atoms with Crippen LogP contribution in [0, 0.1) is 13.8 Å². The summed E-state index contributed by atoms with van der Waals surface area (Å²) < 4.78 is 1.61. The van der Waals surface area contributed by atoms with Crippen LogP contribution < -0.4 is 5.32 Å². The van der Waals surface area contributed by atoms with Crippen LogP contribution in [0.1, 0.15) is 17.2 Å². The fraction of sp³-hybridized carbons (Fsp3) is 0.474. The van der Waals surface area contributed by atoms with E-state index >= 15 is 0 Å². The second kappa shape index (κ2) is 8.30. The van der Waals surface area contributed by atoms with Gasteiger partial charge in [-0.15, -0.1) is 0 Å². The fourth-order valence-corrected chi connectivity index (χ4v) is 3.41. The van der Waals surface area contributed by atoms with Crippen LogP contribution in [0.3, 0.4) is 0 Å². The maximum Gasteiger partial charge on any atom is 0.244 e. The van der Waals surface area contributed by atoms with Gasteiger partial charge in [-0.25, -0.2) is 9.67 Å². The standard InChI is InChI=1S/C19H26N6O2/c1-14-21-15(2)25(22-14)13-18(26)24-10-9-23(17(12-24)19(27)20-3)11-16-7-5-4-6-8-16/h4-8,17H,9-13H2,1-3H3,(H,20,27)/t17-/m1/s1. The van der Waals surface area contributed by atoms with E-state index in [0.29, 0.717) is 37.8 Å². The van der Waals surface area contributed by atoms with E-state index < -0.39 is 0 Å². The Kier molecular flexibility index (Phi) is 5.85. The SMILES string of the molecule is CNC(=O)[C@H]1CN(C(=O)Cn2nc(C)nc2C)CCN1Cc1ccccc1. The van der Waals surface area contributed by atoms with Gasteiger partial charge < -0.3 is 10.2 Å². The first-order valence-corrected chi connectivity index (χ1v) is 9.13. The number of benzene rings is 1. The second-order valence-corrected chi connectivity index (χ2v) is 6.79. The molecule has 2 heterocycles. The lowest BCUT2D eigenvalue weighted by Gasteiger charge is -2.40. The Labute approximate surface area is 159 Å². The molecule has 1 fully saturated rings. The molecule has 1 aromatic heterocycles. The Bertz CT molecular complexity index is 804. The molecule has 1 N–H and O–H groups in total. The zero-order chi connectivity index (χ0) is 19.4. The lowest BCUT2D eigenvalue weighted by Crippen LogP contribution is -2.59. The minimum absolute atomic E-state index is 0.0451. The molecule has 3 rings (SSSR count). The summed E-state index contributed by atoms with van der Waals surface area (Å²) in [4.78, 5) is 33.3. The number of hydrogen-bond donors (Lipinski definition) is 1. The summed E-state index contributed by atoms with van der Waals surface area (Å²) in [5, 5.41) is 6.98. The first-order chi connectivity index (χ1) is 13.0. The monoisotopic (exact) mass is 370 g/mol. The minimum atomic E-state index is -0.369. The van der Waals surface area contributed by atoms with Crippen molar-refractivity contribution in [2.45, 2.75) is 33.0 Å². The number of nitrogens with one attached hydrogen (secondary N) is 1. The molecule has 1 atom stereocenters. The van der Waals surface area contributed by atoms with Gasteiger partial charge in [-0.1, -0.05) is 30.3 Å². The number of rotatable bonds is 5. The van der Waals surface area contributed by atoms with Gasteiger partial charge in [-0.2, -0.15) is 5.10 Å². The third kappa shape index (κ3) is 4.51. The Morgan fingerprint density at radius 1 is 1.19 bits per heavy atom. The molecule has 2 amide bonds. The van der Waals surface area contributed by atoms with Crippen molar-refractivity contribution in [3.8, 4) is 0 Å². The predicted molar refractivity (Wildman–Crippen MR) is 101 cm³/mol. The lowest BCUT2D eigenvalue weighted by atomic mass is 10.1. The number of nitrogens with zero attached hydrogens (tertiary/aromatic N) is 5. The van der Waals surface area contributed by atoms with E-state index in [4.69, 9.17) is 0 Å². The predicted octanol–water partition coefficient (Wildman–Crippen LogP) is 0.354. The molecule has 27 heavy (non-hydrogen) atoms. The highest BCUT2D eigenvalue weighted by molar-refractivity contribution is 5.83. The molecule has 144 valence electrons. The highest BCUT2D eigenvalue weighted by Crippen LogP contribution is 2.15. The number of aryl methyl sites for hydroxylation is 2. The van der Waals surface area contributed by atoms with Crippen LogP contribution in [0.4, 0.5) is 0 Å². The molecule has 0 radical (unpaired) electrons. The number of aromatic nitrogens is 3. The molecule has 2 aromatic rings. The van der Waals surface area contributed by atoms with Gasteiger partial charge in [0.2, 0.25) is 11.8 Å². The summed E-state index contributed by atoms with van der Waals surface area (Å²) in [6.45, 7) is 6.07. The summed E-state index contributed by atoms with van der Waals surface area (Å²) in [5.74, 6) is 1.25. The molecule has 0 aliphatic carbocycles. The van der Waals surface area contributed by atoms with E-state index in [0.717, 1.165) is 5.56 Å². The molecule has 1 aliphatic rings. The molecule has 8 heteroatoms. The number of carbonyl (C=O) groups excluding carboxylic acids is 2. The van der Waals surface area contributed by atoms with E-state index in [1.165, 1.54) is 0 Å². The number of piperazine rings is 1. The summed E-state index contributed by atoms with van der Waals surface area (Å²) in [7, 11) is 1.63. The highest BCUT2D eigenvalue weighted by Gasteiger charge is 2.34. The van der Waals surface area contributed by atoms with Gasteiger partial charge in [-0.05, 0) is 19.4 Å². The Balaban J connectivity index is 1.69. The molecule has 1 saturated heterocycles. The molecule has 1 aromatic carbocycles. The summed E-state index contributed by atoms with van der Waals surface area (Å²) in [5.41, 5.74) is 1.15. The van der Waals surface area contributed by atoms with Gasteiger partial charge in [0.15, 0.2) is 0 Å². The molecule has 0 bridgehead atoms. The molecule has 8 nitrogen and oxygen atoms in total. The van der Waals surface area contributed by atoms with Crippen LogP contribution in [0.2, 0.25) is 0 Å². The molecular weight excluding hydrogens is 344 g/mol. The number of hydrogen-bond acceptors (Lipinski definition) is 5. The molecular formula is C19H26N6O2. The maximum atomic E-state index is 12.7. The van der Waals surface area contributed by atoms with Crippen LogP contribution in [-0.4, -0.2) is 69.1 Å². The van der Waals surface area contributed by atoms with E-state index in [9.17, 15) is 9.59 Å². The largest absolute Gasteiger partial charge is 0.358 e. The summed E-state index contributed by atoms with van der Waals surface area (Å²) in [6, 6.07) is 9.69. The van der Waals surface area contributed by atoms with Gasteiger partial charge in [0.1, 0.15) is 24.2 Å². The van der Waals surface area contributed by atoms with Crippen LogP contribution in [0.15, 0.2) is 30.3 Å². The Morgan fingerprint density at radius 3 is 2.56 bits per heavy atom. The van der Waals surface area contributed by atoms with E-state index in [-0.39, 0.29) is 24.4 Å². The van der Waals surface area contributed by atoms with Gasteiger partial charge in [0.25, 0.3) is 0 Å². The third-order valence-corrected chi connectivity index (χ3v) is 4.87. The topological polar surface area (TPSA) is 83.4 Å². The van der Waals surface area contributed by atoms with Gasteiger partial charge >= 0.3 is 0 Å².